The standard InChI is InChI=1S/C14H18FNO3/c15-13-9-10(17)4-5-12(13)14(18)16-7-6-11-3-1-2-8-19-11/h4-5,9,11,17H,1-3,6-8H2,(H,16,18). The first-order chi connectivity index (χ1) is 9.16. The number of ether oxygens (including phenoxy) is 1. The Hall–Kier alpha value is -1.62. The van der Waals surface area contributed by atoms with Gasteiger partial charge < -0.3 is 15.2 Å². The number of benzene rings is 1. The molecule has 1 atom stereocenters. The van der Waals surface area contributed by atoms with Crippen LogP contribution in [0.15, 0.2) is 18.2 Å². The van der Waals surface area contributed by atoms with Gasteiger partial charge in [0.25, 0.3) is 5.91 Å². The lowest BCUT2D eigenvalue weighted by atomic mass is 10.1. The summed E-state index contributed by atoms with van der Waals surface area (Å²) in [5, 5.41) is 11.7. The molecule has 1 saturated heterocycles. The fourth-order valence-corrected chi connectivity index (χ4v) is 2.17. The third-order valence-electron chi connectivity index (χ3n) is 3.22. The summed E-state index contributed by atoms with van der Waals surface area (Å²) in [6.45, 7) is 1.25. The Morgan fingerprint density at radius 3 is 3.00 bits per heavy atom. The summed E-state index contributed by atoms with van der Waals surface area (Å²) in [7, 11) is 0. The first-order valence-corrected chi connectivity index (χ1v) is 6.55. The van der Waals surface area contributed by atoms with E-state index in [1.807, 2.05) is 0 Å². The van der Waals surface area contributed by atoms with Crippen molar-refractivity contribution in [2.75, 3.05) is 13.2 Å². The van der Waals surface area contributed by atoms with E-state index in [1.54, 1.807) is 0 Å². The van der Waals surface area contributed by atoms with Crippen LogP contribution in [-0.4, -0.2) is 30.3 Å². The van der Waals surface area contributed by atoms with E-state index in [1.165, 1.54) is 12.1 Å². The lowest BCUT2D eigenvalue weighted by molar-refractivity contribution is 0.0117. The molecule has 104 valence electrons. The van der Waals surface area contributed by atoms with Crippen LogP contribution < -0.4 is 5.32 Å². The highest BCUT2D eigenvalue weighted by atomic mass is 19.1. The molecule has 1 heterocycles. The fourth-order valence-electron chi connectivity index (χ4n) is 2.17. The van der Waals surface area contributed by atoms with Gasteiger partial charge in [-0.05, 0) is 37.8 Å². The van der Waals surface area contributed by atoms with Gasteiger partial charge in [0.15, 0.2) is 0 Å². The molecular weight excluding hydrogens is 249 g/mol. The van der Waals surface area contributed by atoms with Crippen molar-refractivity contribution in [1.82, 2.24) is 5.32 Å². The summed E-state index contributed by atoms with van der Waals surface area (Å²) in [5.41, 5.74) is -0.0534. The summed E-state index contributed by atoms with van der Waals surface area (Å²) in [4.78, 5) is 11.7. The van der Waals surface area contributed by atoms with Gasteiger partial charge in [-0.15, -0.1) is 0 Å². The molecule has 0 spiro atoms. The lowest BCUT2D eigenvalue weighted by Crippen LogP contribution is -2.29. The minimum Gasteiger partial charge on any atom is -0.508 e. The Labute approximate surface area is 111 Å². The van der Waals surface area contributed by atoms with E-state index in [2.05, 4.69) is 5.32 Å². The first kappa shape index (κ1) is 13.8. The van der Waals surface area contributed by atoms with Gasteiger partial charge in [0.1, 0.15) is 11.6 Å². The average molecular weight is 267 g/mol. The predicted molar refractivity (Wildman–Crippen MR) is 68.6 cm³/mol. The monoisotopic (exact) mass is 267 g/mol. The molecule has 5 heteroatoms. The Kier molecular flexibility index (Phi) is 4.74. The molecule has 0 saturated carbocycles. The zero-order valence-electron chi connectivity index (χ0n) is 10.7. The third kappa shape index (κ3) is 3.92. The molecule has 1 aromatic rings. The highest BCUT2D eigenvalue weighted by molar-refractivity contribution is 5.94. The Morgan fingerprint density at radius 1 is 1.47 bits per heavy atom. The number of rotatable bonds is 4. The number of nitrogens with one attached hydrogen (secondary N) is 1. The van der Waals surface area contributed by atoms with Crippen LogP contribution in [0.2, 0.25) is 0 Å². The number of phenolic OH excluding ortho intramolecular Hbond substituents is 1. The highest BCUT2D eigenvalue weighted by Gasteiger charge is 2.15. The number of carbonyl (C=O) groups is 1. The maximum atomic E-state index is 13.4. The average Bonchev–Trinajstić information content (AvgIpc) is 2.39. The third-order valence-corrected chi connectivity index (χ3v) is 3.22. The second-order valence-electron chi connectivity index (χ2n) is 4.70. The minimum absolute atomic E-state index is 0.0534. The van der Waals surface area contributed by atoms with E-state index in [-0.39, 0.29) is 17.4 Å². The molecule has 2 N–H and O–H groups in total. The number of hydrogen-bond donors (Lipinski definition) is 2. The van der Waals surface area contributed by atoms with Crippen LogP contribution in [0, 0.1) is 5.82 Å². The van der Waals surface area contributed by atoms with Crippen LogP contribution in [0.4, 0.5) is 4.39 Å². The van der Waals surface area contributed by atoms with Crippen molar-refractivity contribution < 1.29 is 19.0 Å². The topological polar surface area (TPSA) is 58.6 Å². The smallest absolute Gasteiger partial charge is 0.254 e. The van der Waals surface area contributed by atoms with Gasteiger partial charge in [-0.1, -0.05) is 0 Å². The Balaban J connectivity index is 1.80. The summed E-state index contributed by atoms with van der Waals surface area (Å²) in [6.07, 6.45) is 4.21. The van der Waals surface area contributed by atoms with E-state index in [0.29, 0.717) is 6.54 Å². The largest absolute Gasteiger partial charge is 0.508 e. The van der Waals surface area contributed by atoms with Crippen molar-refractivity contribution >= 4 is 5.91 Å². The Bertz CT molecular complexity index is 444. The number of phenols is 1. The molecule has 0 bridgehead atoms. The first-order valence-electron chi connectivity index (χ1n) is 6.55. The van der Waals surface area contributed by atoms with Gasteiger partial charge >= 0.3 is 0 Å². The molecule has 19 heavy (non-hydrogen) atoms. The van der Waals surface area contributed by atoms with E-state index in [9.17, 15) is 9.18 Å². The zero-order valence-corrected chi connectivity index (χ0v) is 10.7. The van der Waals surface area contributed by atoms with Gasteiger partial charge in [-0.2, -0.15) is 0 Å². The summed E-state index contributed by atoms with van der Waals surface area (Å²) < 4.78 is 19.0. The summed E-state index contributed by atoms with van der Waals surface area (Å²) in [5.74, 6) is -1.37. The van der Waals surface area contributed by atoms with Crippen molar-refractivity contribution in [3.63, 3.8) is 0 Å². The van der Waals surface area contributed by atoms with E-state index in [4.69, 9.17) is 9.84 Å². The maximum Gasteiger partial charge on any atom is 0.254 e. The summed E-state index contributed by atoms with van der Waals surface area (Å²) in [6, 6.07) is 3.50. The minimum atomic E-state index is -0.716. The van der Waals surface area contributed by atoms with E-state index >= 15 is 0 Å². The molecule has 1 fully saturated rings. The second kappa shape index (κ2) is 6.52. The SMILES string of the molecule is O=C(NCCC1CCCCO1)c1ccc(O)cc1F. The highest BCUT2D eigenvalue weighted by Crippen LogP contribution is 2.16. The maximum absolute atomic E-state index is 13.4. The van der Waals surface area contributed by atoms with Crippen LogP contribution in [0.25, 0.3) is 0 Å². The van der Waals surface area contributed by atoms with Gasteiger partial charge in [0, 0.05) is 19.2 Å². The second-order valence-corrected chi connectivity index (χ2v) is 4.70. The van der Waals surface area contributed by atoms with Gasteiger partial charge in [0.2, 0.25) is 0 Å². The number of amides is 1. The number of hydrogen-bond acceptors (Lipinski definition) is 3. The molecule has 4 nitrogen and oxygen atoms in total. The Morgan fingerprint density at radius 2 is 2.32 bits per heavy atom. The van der Waals surface area contributed by atoms with Crippen molar-refractivity contribution in [3.8, 4) is 5.75 Å². The number of halogens is 1. The van der Waals surface area contributed by atoms with E-state index in [0.717, 1.165) is 38.4 Å². The molecule has 0 radical (unpaired) electrons. The lowest BCUT2D eigenvalue weighted by Gasteiger charge is -2.22. The van der Waals surface area contributed by atoms with Crippen LogP contribution in [0.3, 0.4) is 0 Å². The number of carbonyl (C=O) groups excluding carboxylic acids is 1. The van der Waals surface area contributed by atoms with Crippen LogP contribution in [-0.2, 0) is 4.74 Å². The fraction of sp³-hybridized carbons (Fsp3) is 0.500. The van der Waals surface area contributed by atoms with Gasteiger partial charge in [-0.25, -0.2) is 4.39 Å². The van der Waals surface area contributed by atoms with Crippen LogP contribution >= 0.6 is 0 Å². The quantitative estimate of drug-likeness (QED) is 0.879. The van der Waals surface area contributed by atoms with Crippen LogP contribution in [0.1, 0.15) is 36.0 Å². The van der Waals surface area contributed by atoms with Crippen molar-refractivity contribution in [1.29, 1.82) is 0 Å². The molecule has 0 aliphatic carbocycles. The van der Waals surface area contributed by atoms with Crippen molar-refractivity contribution in [2.45, 2.75) is 31.8 Å². The normalized spacial score (nSPS) is 19.1. The molecule has 1 aliphatic rings. The van der Waals surface area contributed by atoms with Crippen LogP contribution in [0.5, 0.6) is 5.75 Å². The molecule has 0 aromatic heterocycles. The molecular formula is C14H18FNO3. The van der Waals surface area contributed by atoms with E-state index < -0.39 is 11.7 Å². The van der Waals surface area contributed by atoms with Gasteiger partial charge in [-0.3, -0.25) is 4.79 Å². The number of aromatic hydroxyl groups is 1. The molecule has 1 amide bonds. The molecule has 2 rings (SSSR count). The van der Waals surface area contributed by atoms with Crippen molar-refractivity contribution in [2.24, 2.45) is 0 Å². The zero-order chi connectivity index (χ0) is 13.7. The summed E-state index contributed by atoms with van der Waals surface area (Å²) >= 11 is 0. The molecule has 1 aliphatic heterocycles. The van der Waals surface area contributed by atoms with Crippen molar-refractivity contribution in [3.05, 3.63) is 29.6 Å². The molecule has 1 unspecified atom stereocenters. The van der Waals surface area contributed by atoms with Gasteiger partial charge in [0.05, 0.1) is 11.7 Å². The predicted octanol–water partition coefficient (Wildman–Crippen LogP) is 2.22. The molecule has 1 aromatic carbocycles.